The third-order valence-corrected chi connectivity index (χ3v) is 3.92. The molecule has 0 fully saturated rings. The molecule has 0 amide bonds. The minimum absolute atomic E-state index is 0.196. The second kappa shape index (κ2) is 7.88. The molecule has 0 saturated carbocycles. The highest BCUT2D eigenvalue weighted by atomic mass is 19.1. The van der Waals surface area contributed by atoms with Gasteiger partial charge in [0.15, 0.2) is 17.5 Å². The summed E-state index contributed by atoms with van der Waals surface area (Å²) in [5.74, 6) is 1.91. The minimum atomic E-state index is -0.196. The zero-order chi connectivity index (χ0) is 17.6. The Morgan fingerprint density at radius 1 is 1.12 bits per heavy atom. The Balaban J connectivity index is 1.64. The molecule has 0 aliphatic carbocycles. The monoisotopic (exact) mass is 343 g/mol. The largest absolute Gasteiger partial charge is 0.490 e. The van der Waals surface area contributed by atoms with Crippen LogP contribution in [0.2, 0.25) is 0 Å². The Kier molecular flexibility index (Phi) is 5.38. The number of aryl methyl sites for hydroxylation is 1. The molecule has 2 N–H and O–H groups in total. The number of hydrogen-bond acceptors (Lipinski definition) is 3. The summed E-state index contributed by atoms with van der Waals surface area (Å²) in [5, 5.41) is 6.44. The van der Waals surface area contributed by atoms with E-state index in [1.54, 1.807) is 20.0 Å². The van der Waals surface area contributed by atoms with E-state index in [4.69, 9.17) is 9.47 Å². The van der Waals surface area contributed by atoms with E-state index in [-0.39, 0.29) is 5.82 Å². The SMILES string of the molecule is CN=C(NCc1ccc(F)c(C)c1)Nc1ccc2c(c1)OCCCO2. The van der Waals surface area contributed by atoms with Gasteiger partial charge in [-0.3, -0.25) is 4.99 Å². The maximum absolute atomic E-state index is 13.3. The highest BCUT2D eigenvalue weighted by Crippen LogP contribution is 2.32. The number of hydrogen-bond donors (Lipinski definition) is 2. The Hall–Kier alpha value is -2.76. The molecule has 1 aliphatic rings. The summed E-state index contributed by atoms with van der Waals surface area (Å²) in [4.78, 5) is 4.22. The van der Waals surface area contributed by atoms with Gasteiger partial charge in [-0.1, -0.05) is 12.1 Å². The third-order valence-electron chi connectivity index (χ3n) is 3.92. The molecular formula is C19H22FN3O2. The van der Waals surface area contributed by atoms with Gasteiger partial charge in [-0.2, -0.15) is 0 Å². The molecule has 2 aromatic carbocycles. The summed E-state index contributed by atoms with van der Waals surface area (Å²) in [6.45, 7) is 3.61. The molecular weight excluding hydrogens is 321 g/mol. The zero-order valence-electron chi connectivity index (χ0n) is 14.4. The van der Waals surface area contributed by atoms with Crippen LogP contribution in [0.4, 0.5) is 10.1 Å². The molecule has 2 aromatic rings. The molecule has 0 aromatic heterocycles. The van der Waals surface area contributed by atoms with Gasteiger partial charge < -0.3 is 20.1 Å². The Morgan fingerprint density at radius 3 is 2.68 bits per heavy atom. The fourth-order valence-electron chi connectivity index (χ4n) is 2.56. The van der Waals surface area contributed by atoms with E-state index in [1.807, 2.05) is 24.3 Å². The van der Waals surface area contributed by atoms with Crippen molar-refractivity contribution in [3.05, 3.63) is 53.3 Å². The second-order valence-corrected chi connectivity index (χ2v) is 5.85. The van der Waals surface area contributed by atoms with Crippen LogP contribution in [-0.4, -0.2) is 26.2 Å². The summed E-state index contributed by atoms with van der Waals surface area (Å²) in [6.07, 6.45) is 0.873. The van der Waals surface area contributed by atoms with Crippen molar-refractivity contribution < 1.29 is 13.9 Å². The van der Waals surface area contributed by atoms with Gasteiger partial charge in [-0.15, -0.1) is 0 Å². The highest BCUT2D eigenvalue weighted by Gasteiger charge is 2.11. The van der Waals surface area contributed by atoms with E-state index in [0.717, 1.165) is 29.2 Å². The van der Waals surface area contributed by atoms with Crippen LogP contribution in [0.5, 0.6) is 11.5 Å². The van der Waals surface area contributed by atoms with Gasteiger partial charge in [-0.05, 0) is 36.2 Å². The van der Waals surface area contributed by atoms with Crippen LogP contribution in [0.15, 0.2) is 41.4 Å². The molecule has 1 heterocycles. The normalized spacial score (nSPS) is 14.0. The number of halogens is 1. The van der Waals surface area contributed by atoms with Crippen LogP contribution in [0.1, 0.15) is 17.5 Å². The quantitative estimate of drug-likeness (QED) is 0.662. The summed E-state index contributed by atoms with van der Waals surface area (Å²) in [7, 11) is 1.70. The lowest BCUT2D eigenvalue weighted by Gasteiger charge is -2.14. The lowest BCUT2D eigenvalue weighted by Crippen LogP contribution is -2.30. The number of fused-ring (bicyclic) bond motifs is 1. The van der Waals surface area contributed by atoms with Gasteiger partial charge in [0.05, 0.1) is 13.2 Å². The first kappa shape index (κ1) is 17.1. The molecule has 1 aliphatic heterocycles. The molecule has 132 valence electrons. The van der Waals surface area contributed by atoms with Crippen molar-refractivity contribution in [2.75, 3.05) is 25.6 Å². The van der Waals surface area contributed by atoms with E-state index >= 15 is 0 Å². The highest BCUT2D eigenvalue weighted by molar-refractivity contribution is 5.93. The lowest BCUT2D eigenvalue weighted by molar-refractivity contribution is 0.297. The molecule has 0 bridgehead atoms. The van der Waals surface area contributed by atoms with Crippen molar-refractivity contribution in [1.82, 2.24) is 5.32 Å². The number of aliphatic imine (C=N–C) groups is 1. The Bertz CT molecular complexity index is 777. The van der Waals surface area contributed by atoms with E-state index in [2.05, 4.69) is 15.6 Å². The fraction of sp³-hybridized carbons (Fsp3) is 0.316. The number of rotatable bonds is 3. The van der Waals surface area contributed by atoms with Gasteiger partial charge in [0.2, 0.25) is 0 Å². The Morgan fingerprint density at radius 2 is 1.92 bits per heavy atom. The van der Waals surface area contributed by atoms with Crippen molar-refractivity contribution in [2.24, 2.45) is 4.99 Å². The summed E-state index contributed by atoms with van der Waals surface area (Å²) >= 11 is 0. The maximum atomic E-state index is 13.3. The first-order valence-corrected chi connectivity index (χ1v) is 8.28. The van der Waals surface area contributed by atoms with Crippen LogP contribution < -0.4 is 20.1 Å². The molecule has 3 rings (SSSR count). The predicted molar refractivity (Wildman–Crippen MR) is 97.0 cm³/mol. The number of anilines is 1. The molecule has 0 radical (unpaired) electrons. The maximum Gasteiger partial charge on any atom is 0.195 e. The molecule has 0 unspecified atom stereocenters. The van der Waals surface area contributed by atoms with Crippen molar-refractivity contribution in [3.8, 4) is 11.5 Å². The van der Waals surface area contributed by atoms with Crippen molar-refractivity contribution in [3.63, 3.8) is 0 Å². The molecule has 0 atom stereocenters. The van der Waals surface area contributed by atoms with Crippen LogP contribution in [0.3, 0.4) is 0 Å². The van der Waals surface area contributed by atoms with Crippen LogP contribution in [0.25, 0.3) is 0 Å². The average Bonchev–Trinajstić information content (AvgIpc) is 2.86. The number of nitrogens with one attached hydrogen (secondary N) is 2. The van der Waals surface area contributed by atoms with Crippen molar-refractivity contribution in [1.29, 1.82) is 0 Å². The summed E-state index contributed by atoms with van der Waals surface area (Å²) in [5.41, 5.74) is 2.47. The summed E-state index contributed by atoms with van der Waals surface area (Å²) < 4.78 is 24.7. The van der Waals surface area contributed by atoms with E-state index < -0.39 is 0 Å². The molecule has 0 spiro atoms. The van der Waals surface area contributed by atoms with E-state index in [0.29, 0.717) is 31.3 Å². The fourth-order valence-corrected chi connectivity index (χ4v) is 2.56. The van der Waals surface area contributed by atoms with E-state index in [9.17, 15) is 4.39 Å². The zero-order valence-corrected chi connectivity index (χ0v) is 14.4. The van der Waals surface area contributed by atoms with Gasteiger partial charge in [0.1, 0.15) is 5.82 Å². The Labute approximate surface area is 146 Å². The summed E-state index contributed by atoms with van der Waals surface area (Å²) in [6, 6.07) is 10.8. The predicted octanol–water partition coefficient (Wildman–Crippen LogP) is 3.48. The third kappa shape index (κ3) is 4.41. The van der Waals surface area contributed by atoms with Gasteiger partial charge in [0.25, 0.3) is 0 Å². The van der Waals surface area contributed by atoms with Gasteiger partial charge in [0, 0.05) is 31.8 Å². The smallest absolute Gasteiger partial charge is 0.195 e. The topological polar surface area (TPSA) is 54.9 Å². The van der Waals surface area contributed by atoms with Crippen LogP contribution >= 0.6 is 0 Å². The number of benzene rings is 2. The van der Waals surface area contributed by atoms with Gasteiger partial charge in [-0.25, -0.2) is 4.39 Å². The first-order valence-electron chi connectivity index (χ1n) is 8.28. The first-order chi connectivity index (χ1) is 12.2. The second-order valence-electron chi connectivity index (χ2n) is 5.85. The number of guanidine groups is 1. The minimum Gasteiger partial charge on any atom is -0.490 e. The lowest BCUT2D eigenvalue weighted by atomic mass is 10.1. The molecule has 5 nitrogen and oxygen atoms in total. The average molecular weight is 343 g/mol. The van der Waals surface area contributed by atoms with Gasteiger partial charge >= 0.3 is 0 Å². The molecule has 25 heavy (non-hydrogen) atoms. The van der Waals surface area contributed by atoms with Crippen LogP contribution in [0, 0.1) is 12.7 Å². The van der Waals surface area contributed by atoms with Crippen LogP contribution in [-0.2, 0) is 6.54 Å². The molecule has 6 heteroatoms. The number of nitrogens with zero attached hydrogens (tertiary/aromatic N) is 1. The van der Waals surface area contributed by atoms with Crippen molar-refractivity contribution in [2.45, 2.75) is 19.9 Å². The standard InChI is InChI=1S/C19H22FN3O2/c1-13-10-14(4-6-16(13)20)12-22-19(21-2)23-15-5-7-17-18(11-15)25-9-3-8-24-17/h4-7,10-11H,3,8-9,12H2,1-2H3,(H2,21,22,23). The molecule has 0 saturated heterocycles. The van der Waals surface area contributed by atoms with Crippen molar-refractivity contribution >= 4 is 11.6 Å². The number of ether oxygens (including phenoxy) is 2. The van der Waals surface area contributed by atoms with E-state index in [1.165, 1.54) is 6.07 Å².